The van der Waals surface area contributed by atoms with Crippen molar-refractivity contribution < 1.29 is 9.90 Å². The van der Waals surface area contributed by atoms with Gasteiger partial charge in [0.1, 0.15) is 0 Å². The summed E-state index contributed by atoms with van der Waals surface area (Å²) < 4.78 is 0. The molecule has 2 rings (SSSR count). The van der Waals surface area contributed by atoms with Gasteiger partial charge < -0.3 is 10.8 Å². The lowest BCUT2D eigenvalue weighted by Crippen LogP contribution is -2.00. The summed E-state index contributed by atoms with van der Waals surface area (Å²) in [5.74, 6) is -1.02. The second-order valence-electron chi connectivity index (χ2n) is 4.00. The number of anilines is 1. The Morgan fingerprint density at radius 1 is 1.16 bits per heavy atom. The molecule has 0 radical (unpaired) electrons. The summed E-state index contributed by atoms with van der Waals surface area (Å²) in [5.41, 5.74) is 7.71. The second kappa shape index (κ2) is 5.59. The molecule has 0 spiro atoms. The molecule has 19 heavy (non-hydrogen) atoms. The summed E-state index contributed by atoms with van der Waals surface area (Å²) in [4.78, 5) is 11.4. The van der Waals surface area contributed by atoms with Gasteiger partial charge in [-0.3, -0.25) is 0 Å². The standard InChI is InChI=1S/C15H12ClNO2/c16-12-6-3-5-10(8-12)13(15(18)19)9-11-4-1-2-7-14(11)17/h1-9H,17H2,(H,18,19). The zero-order valence-electron chi connectivity index (χ0n) is 10.0. The summed E-state index contributed by atoms with van der Waals surface area (Å²) in [7, 11) is 0. The predicted molar refractivity (Wildman–Crippen MR) is 77.8 cm³/mol. The number of hydrogen-bond donors (Lipinski definition) is 2. The van der Waals surface area contributed by atoms with E-state index in [2.05, 4.69) is 0 Å². The number of carboxylic acid groups (broad SMARTS) is 1. The quantitative estimate of drug-likeness (QED) is 0.511. The first-order valence-corrected chi connectivity index (χ1v) is 6.01. The molecular formula is C15H12ClNO2. The van der Waals surface area contributed by atoms with Gasteiger partial charge in [-0.05, 0) is 35.4 Å². The van der Waals surface area contributed by atoms with Crippen LogP contribution in [0.25, 0.3) is 11.6 Å². The van der Waals surface area contributed by atoms with E-state index in [1.807, 2.05) is 0 Å². The normalized spacial score (nSPS) is 11.3. The SMILES string of the molecule is Nc1ccccc1C=C(C(=O)O)c1cccc(Cl)c1. The fraction of sp³-hybridized carbons (Fsp3) is 0. The number of para-hydroxylation sites is 1. The zero-order chi connectivity index (χ0) is 13.8. The lowest BCUT2D eigenvalue weighted by molar-refractivity contribution is -0.130. The highest BCUT2D eigenvalue weighted by Gasteiger charge is 2.11. The van der Waals surface area contributed by atoms with E-state index in [1.54, 1.807) is 54.6 Å². The molecule has 0 amide bonds. The van der Waals surface area contributed by atoms with Crippen LogP contribution < -0.4 is 5.73 Å². The molecule has 2 aromatic carbocycles. The van der Waals surface area contributed by atoms with Crippen LogP contribution in [0.3, 0.4) is 0 Å². The Morgan fingerprint density at radius 2 is 1.89 bits per heavy atom. The molecule has 2 aromatic rings. The summed E-state index contributed by atoms with van der Waals surface area (Å²) in [5, 5.41) is 9.81. The molecule has 3 N–H and O–H groups in total. The third kappa shape index (κ3) is 3.14. The summed E-state index contributed by atoms with van der Waals surface area (Å²) in [6.45, 7) is 0. The lowest BCUT2D eigenvalue weighted by atomic mass is 10.0. The second-order valence-corrected chi connectivity index (χ2v) is 4.44. The minimum Gasteiger partial charge on any atom is -0.478 e. The molecule has 0 aliphatic carbocycles. The Balaban J connectivity index is 2.53. The highest BCUT2D eigenvalue weighted by Crippen LogP contribution is 2.23. The Kier molecular flexibility index (Phi) is 3.88. The molecule has 0 fully saturated rings. The first kappa shape index (κ1) is 13.2. The van der Waals surface area contributed by atoms with E-state index in [0.717, 1.165) is 0 Å². The molecule has 96 valence electrons. The van der Waals surface area contributed by atoms with Crippen LogP contribution in [-0.2, 0) is 4.79 Å². The van der Waals surface area contributed by atoms with E-state index in [-0.39, 0.29) is 5.57 Å². The van der Waals surface area contributed by atoms with E-state index < -0.39 is 5.97 Å². The topological polar surface area (TPSA) is 63.3 Å². The lowest BCUT2D eigenvalue weighted by Gasteiger charge is -2.05. The fourth-order valence-electron chi connectivity index (χ4n) is 1.72. The maximum Gasteiger partial charge on any atom is 0.336 e. The van der Waals surface area contributed by atoms with Crippen molar-refractivity contribution in [3.05, 3.63) is 64.7 Å². The summed E-state index contributed by atoms with van der Waals surface area (Å²) >= 11 is 5.88. The van der Waals surface area contributed by atoms with Crippen LogP contribution in [0.2, 0.25) is 5.02 Å². The molecule has 0 heterocycles. The number of hydrogen-bond acceptors (Lipinski definition) is 2. The minimum atomic E-state index is -1.02. The smallest absolute Gasteiger partial charge is 0.336 e. The molecule has 0 aliphatic heterocycles. The van der Waals surface area contributed by atoms with Gasteiger partial charge in [0.15, 0.2) is 0 Å². The molecule has 3 nitrogen and oxygen atoms in total. The first-order valence-electron chi connectivity index (χ1n) is 5.63. The number of carboxylic acids is 1. The first-order chi connectivity index (χ1) is 9.08. The van der Waals surface area contributed by atoms with Crippen LogP contribution in [0.4, 0.5) is 5.69 Å². The average molecular weight is 274 g/mol. The van der Waals surface area contributed by atoms with Gasteiger partial charge in [0, 0.05) is 10.7 Å². The minimum absolute atomic E-state index is 0.153. The van der Waals surface area contributed by atoms with Gasteiger partial charge >= 0.3 is 5.97 Å². The zero-order valence-corrected chi connectivity index (χ0v) is 10.8. The Labute approximate surface area is 115 Å². The molecule has 0 atom stereocenters. The molecule has 4 heteroatoms. The monoisotopic (exact) mass is 273 g/mol. The Morgan fingerprint density at radius 3 is 2.53 bits per heavy atom. The van der Waals surface area contributed by atoms with Crippen molar-refractivity contribution in [2.75, 3.05) is 5.73 Å². The molecule has 0 unspecified atom stereocenters. The van der Waals surface area contributed by atoms with Gasteiger partial charge in [0.05, 0.1) is 5.57 Å². The van der Waals surface area contributed by atoms with E-state index in [9.17, 15) is 9.90 Å². The average Bonchev–Trinajstić information content (AvgIpc) is 2.37. The highest BCUT2D eigenvalue weighted by atomic mass is 35.5. The maximum absolute atomic E-state index is 11.4. The molecule has 0 aliphatic rings. The molecule has 0 saturated heterocycles. The van der Waals surface area contributed by atoms with Crippen molar-refractivity contribution in [1.82, 2.24) is 0 Å². The van der Waals surface area contributed by atoms with Crippen LogP contribution in [0.5, 0.6) is 0 Å². The van der Waals surface area contributed by atoms with Crippen molar-refractivity contribution in [1.29, 1.82) is 0 Å². The van der Waals surface area contributed by atoms with Crippen molar-refractivity contribution in [3.8, 4) is 0 Å². The number of carbonyl (C=O) groups is 1. The molecule has 0 aromatic heterocycles. The fourth-order valence-corrected chi connectivity index (χ4v) is 1.91. The van der Waals surface area contributed by atoms with E-state index >= 15 is 0 Å². The third-order valence-corrected chi connectivity index (χ3v) is 2.90. The number of nitrogens with two attached hydrogens (primary N) is 1. The van der Waals surface area contributed by atoms with Gasteiger partial charge in [-0.25, -0.2) is 4.79 Å². The summed E-state index contributed by atoms with van der Waals surface area (Å²) in [6, 6.07) is 13.8. The van der Waals surface area contributed by atoms with Crippen LogP contribution >= 0.6 is 11.6 Å². The van der Waals surface area contributed by atoms with Crippen molar-refractivity contribution in [3.63, 3.8) is 0 Å². The van der Waals surface area contributed by atoms with Gasteiger partial charge in [-0.15, -0.1) is 0 Å². The summed E-state index contributed by atoms with van der Waals surface area (Å²) in [6.07, 6.45) is 1.54. The number of halogens is 1. The van der Waals surface area contributed by atoms with Gasteiger partial charge in [-0.2, -0.15) is 0 Å². The van der Waals surface area contributed by atoms with Gasteiger partial charge in [0.2, 0.25) is 0 Å². The van der Waals surface area contributed by atoms with E-state index in [4.69, 9.17) is 17.3 Å². The van der Waals surface area contributed by atoms with E-state index in [0.29, 0.717) is 21.8 Å². The van der Waals surface area contributed by atoms with Crippen molar-refractivity contribution in [2.45, 2.75) is 0 Å². The number of aliphatic carboxylic acids is 1. The van der Waals surface area contributed by atoms with Crippen molar-refractivity contribution in [2.24, 2.45) is 0 Å². The number of rotatable bonds is 3. The highest BCUT2D eigenvalue weighted by molar-refractivity contribution is 6.31. The number of benzene rings is 2. The molecule has 0 bridgehead atoms. The Hall–Kier alpha value is -2.26. The third-order valence-electron chi connectivity index (χ3n) is 2.66. The maximum atomic E-state index is 11.4. The van der Waals surface area contributed by atoms with Crippen LogP contribution in [0.15, 0.2) is 48.5 Å². The van der Waals surface area contributed by atoms with E-state index in [1.165, 1.54) is 0 Å². The predicted octanol–water partition coefficient (Wildman–Crippen LogP) is 3.55. The van der Waals surface area contributed by atoms with Gasteiger partial charge in [0.25, 0.3) is 0 Å². The molecule has 0 saturated carbocycles. The van der Waals surface area contributed by atoms with Gasteiger partial charge in [-0.1, -0.05) is 41.9 Å². The van der Waals surface area contributed by atoms with Crippen LogP contribution in [-0.4, -0.2) is 11.1 Å². The largest absolute Gasteiger partial charge is 0.478 e. The Bertz CT molecular complexity index is 650. The van der Waals surface area contributed by atoms with Crippen molar-refractivity contribution >= 4 is 34.9 Å². The number of nitrogen functional groups attached to an aromatic ring is 1. The molecular weight excluding hydrogens is 262 g/mol. The van der Waals surface area contributed by atoms with Crippen LogP contribution in [0.1, 0.15) is 11.1 Å². The van der Waals surface area contributed by atoms with Crippen LogP contribution in [0, 0.1) is 0 Å².